The molecule has 1 N–H and O–H groups in total. The van der Waals surface area contributed by atoms with Crippen LogP contribution < -0.4 is 5.32 Å². The minimum absolute atomic E-state index is 0.576. The van der Waals surface area contributed by atoms with Gasteiger partial charge in [-0.25, -0.2) is 15.0 Å². The highest BCUT2D eigenvalue weighted by Crippen LogP contribution is 2.38. The van der Waals surface area contributed by atoms with Crippen LogP contribution in [0.25, 0.3) is 22.4 Å². The number of nitrogens with one attached hydrogen (secondary N) is 1. The zero-order chi connectivity index (χ0) is 18.2. The van der Waals surface area contributed by atoms with Gasteiger partial charge in [0, 0.05) is 35.8 Å². The number of para-hydroxylation sites is 2. The fraction of sp³-hybridized carbons (Fsp3) is 0.238. The molecule has 1 saturated carbocycles. The van der Waals surface area contributed by atoms with Crippen LogP contribution >= 0.6 is 0 Å². The summed E-state index contributed by atoms with van der Waals surface area (Å²) in [5.41, 5.74) is 4.10. The SMILES string of the molecule is Cc1cc(NCc2nc3ccccc3n2C2CC2)nc(-c2cccnc2)n1. The van der Waals surface area contributed by atoms with E-state index in [-0.39, 0.29) is 0 Å². The van der Waals surface area contributed by atoms with Crippen molar-refractivity contribution in [2.24, 2.45) is 0 Å². The summed E-state index contributed by atoms with van der Waals surface area (Å²) in [5, 5.41) is 3.44. The molecule has 3 heterocycles. The van der Waals surface area contributed by atoms with Gasteiger partial charge in [-0.1, -0.05) is 12.1 Å². The normalized spacial score (nSPS) is 13.8. The molecule has 1 fully saturated rings. The second-order valence-electron chi connectivity index (χ2n) is 6.93. The molecular formula is C21H20N6. The Balaban J connectivity index is 1.45. The molecule has 3 aromatic heterocycles. The fourth-order valence-corrected chi connectivity index (χ4v) is 3.41. The van der Waals surface area contributed by atoms with E-state index < -0.39 is 0 Å². The second-order valence-corrected chi connectivity index (χ2v) is 6.93. The van der Waals surface area contributed by atoms with Crippen molar-refractivity contribution in [1.29, 1.82) is 0 Å². The van der Waals surface area contributed by atoms with Crippen LogP contribution in [0.2, 0.25) is 0 Å². The van der Waals surface area contributed by atoms with E-state index in [1.807, 2.05) is 31.2 Å². The molecule has 0 aliphatic heterocycles. The van der Waals surface area contributed by atoms with Crippen molar-refractivity contribution in [3.63, 3.8) is 0 Å². The maximum atomic E-state index is 4.84. The summed E-state index contributed by atoms with van der Waals surface area (Å²) in [5.74, 6) is 2.54. The number of nitrogens with zero attached hydrogens (tertiary/aromatic N) is 5. The lowest BCUT2D eigenvalue weighted by Gasteiger charge is -2.11. The third kappa shape index (κ3) is 3.14. The molecule has 0 bridgehead atoms. The van der Waals surface area contributed by atoms with E-state index in [0.29, 0.717) is 18.4 Å². The molecule has 1 aromatic carbocycles. The lowest BCUT2D eigenvalue weighted by Crippen LogP contribution is -2.09. The molecule has 0 atom stereocenters. The molecule has 1 aliphatic rings. The number of imidazole rings is 1. The summed E-state index contributed by atoms with van der Waals surface area (Å²) in [7, 11) is 0. The molecule has 0 amide bonds. The standard InChI is InChI=1S/C21H20N6/c1-14-11-19(26-21(24-14)15-5-4-10-22-12-15)23-13-20-25-17-6-2-3-7-18(17)27(20)16-8-9-16/h2-7,10-12,16H,8-9,13H2,1H3,(H,23,24,26). The highest BCUT2D eigenvalue weighted by molar-refractivity contribution is 5.76. The van der Waals surface area contributed by atoms with Gasteiger partial charge in [0.05, 0.1) is 17.6 Å². The summed E-state index contributed by atoms with van der Waals surface area (Å²) < 4.78 is 2.37. The first-order chi connectivity index (χ1) is 13.3. The van der Waals surface area contributed by atoms with Crippen molar-refractivity contribution in [2.75, 3.05) is 5.32 Å². The van der Waals surface area contributed by atoms with Crippen molar-refractivity contribution in [1.82, 2.24) is 24.5 Å². The molecule has 0 saturated heterocycles. The number of pyridine rings is 1. The molecule has 0 spiro atoms. The van der Waals surface area contributed by atoms with Gasteiger partial charge >= 0.3 is 0 Å². The lowest BCUT2D eigenvalue weighted by molar-refractivity contribution is 0.710. The van der Waals surface area contributed by atoms with Crippen molar-refractivity contribution < 1.29 is 0 Å². The number of aromatic nitrogens is 5. The smallest absolute Gasteiger partial charge is 0.163 e. The van der Waals surface area contributed by atoms with E-state index >= 15 is 0 Å². The zero-order valence-corrected chi connectivity index (χ0v) is 15.1. The van der Waals surface area contributed by atoms with Gasteiger partial charge in [0.2, 0.25) is 0 Å². The molecule has 6 heteroatoms. The van der Waals surface area contributed by atoms with Crippen molar-refractivity contribution in [2.45, 2.75) is 32.4 Å². The van der Waals surface area contributed by atoms with Crippen LogP contribution in [0.5, 0.6) is 0 Å². The molecule has 134 valence electrons. The third-order valence-corrected chi connectivity index (χ3v) is 4.78. The quantitative estimate of drug-likeness (QED) is 0.582. The number of hydrogen-bond donors (Lipinski definition) is 1. The summed E-state index contributed by atoms with van der Waals surface area (Å²) in [6, 6.07) is 14.7. The zero-order valence-electron chi connectivity index (χ0n) is 15.1. The molecule has 0 unspecified atom stereocenters. The third-order valence-electron chi connectivity index (χ3n) is 4.78. The van der Waals surface area contributed by atoms with Crippen molar-refractivity contribution in [3.8, 4) is 11.4 Å². The Morgan fingerprint density at radius 2 is 1.96 bits per heavy atom. The molecule has 0 radical (unpaired) electrons. The average molecular weight is 356 g/mol. The van der Waals surface area contributed by atoms with Crippen LogP contribution in [0.4, 0.5) is 5.82 Å². The Labute approximate surface area is 157 Å². The first-order valence-corrected chi connectivity index (χ1v) is 9.24. The van der Waals surface area contributed by atoms with Crippen molar-refractivity contribution in [3.05, 3.63) is 66.4 Å². The predicted octanol–water partition coefficient (Wildman–Crippen LogP) is 4.14. The Hall–Kier alpha value is -3.28. The van der Waals surface area contributed by atoms with Gasteiger partial charge in [0.25, 0.3) is 0 Å². The average Bonchev–Trinajstić information content (AvgIpc) is 3.47. The van der Waals surface area contributed by atoms with Crippen LogP contribution in [0, 0.1) is 6.92 Å². The molecule has 1 aliphatic carbocycles. The second kappa shape index (κ2) is 6.46. The van der Waals surface area contributed by atoms with Gasteiger partial charge in [0.1, 0.15) is 11.6 Å². The summed E-state index contributed by atoms with van der Waals surface area (Å²) in [6.07, 6.45) is 5.99. The van der Waals surface area contributed by atoms with Gasteiger partial charge in [-0.15, -0.1) is 0 Å². The molecule has 27 heavy (non-hydrogen) atoms. The number of rotatable bonds is 5. The van der Waals surface area contributed by atoms with Crippen molar-refractivity contribution >= 4 is 16.9 Å². The Morgan fingerprint density at radius 3 is 2.78 bits per heavy atom. The van der Waals surface area contributed by atoms with E-state index in [9.17, 15) is 0 Å². The van der Waals surface area contributed by atoms with Gasteiger partial charge in [-0.05, 0) is 44.0 Å². The van der Waals surface area contributed by atoms with Gasteiger partial charge < -0.3 is 9.88 Å². The van der Waals surface area contributed by atoms with Crippen LogP contribution in [-0.2, 0) is 6.54 Å². The molecule has 6 nitrogen and oxygen atoms in total. The van der Waals surface area contributed by atoms with Crippen LogP contribution in [-0.4, -0.2) is 24.5 Å². The Kier molecular flexibility index (Phi) is 3.81. The summed E-state index contributed by atoms with van der Waals surface area (Å²) in [4.78, 5) is 18.2. The Morgan fingerprint density at radius 1 is 1.07 bits per heavy atom. The number of fused-ring (bicyclic) bond motifs is 1. The number of aryl methyl sites for hydroxylation is 1. The molecule has 5 rings (SSSR count). The summed E-state index contributed by atoms with van der Waals surface area (Å²) >= 11 is 0. The lowest BCUT2D eigenvalue weighted by atomic mass is 10.2. The summed E-state index contributed by atoms with van der Waals surface area (Å²) in [6.45, 7) is 2.61. The topological polar surface area (TPSA) is 68.5 Å². The van der Waals surface area contributed by atoms with Crippen LogP contribution in [0.3, 0.4) is 0 Å². The van der Waals surface area contributed by atoms with E-state index in [2.05, 4.69) is 43.0 Å². The van der Waals surface area contributed by atoms with Crippen LogP contribution in [0.15, 0.2) is 54.9 Å². The fourth-order valence-electron chi connectivity index (χ4n) is 3.41. The minimum atomic E-state index is 0.576. The number of anilines is 1. The largest absolute Gasteiger partial charge is 0.363 e. The number of hydrogen-bond acceptors (Lipinski definition) is 5. The van der Waals surface area contributed by atoms with Gasteiger partial charge in [-0.3, -0.25) is 4.98 Å². The molecular weight excluding hydrogens is 336 g/mol. The Bertz CT molecular complexity index is 1100. The van der Waals surface area contributed by atoms with E-state index in [4.69, 9.17) is 4.98 Å². The predicted molar refractivity (Wildman–Crippen MR) is 105 cm³/mol. The van der Waals surface area contributed by atoms with Gasteiger partial charge in [-0.2, -0.15) is 0 Å². The highest BCUT2D eigenvalue weighted by Gasteiger charge is 2.27. The maximum absolute atomic E-state index is 4.84. The van der Waals surface area contributed by atoms with E-state index in [1.54, 1.807) is 12.4 Å². The molecule has 4 aromatic rings. The number of benzene rings is 1. The monoisotopic (exact) mass is 356 g/mol. The van der Waals surface area contributed by atoms with E-state index in [1.165, 1.54) is 18.4 Å². The highest BCUT2D eigenvalue weighted by atomic mass is 15.2. The van der Waals surface area contributed by atoms with Crippen LogP contribution in [0.1, 0.15) is 30.4 Å². The first kappa shape index (κ1) is 15.9. The first-order valence-electron chi connectivity index (χ1n) is 9.24. The van der Waals surface area contributed by atoms with Gasteiger partial charge in [0.15, 0.2) is 5.82 Å². The maximum Gasteiger partial charge on any atom is 0.163 e. The van der Waals surface area contributed by atoms with E-state index in [0.717, 1.165) is 28.4 Å². The minimum Gasteiger partial charge on any atom is -0.363 e.